The molecule has 20 heavy (non-hydrogen) atoms. The Morgan fingerprint density at radius 3 is 2.70 bits per heavy atom. The first kappa shape index (κ1) is 15.8. The van der Waals surface area contributed by atoms with Crippen molar-refractivity contribution in [3.63, 3.8) is 0 Å². The van der Waals surface area contributed by atoms with Crippen LogP contribution in [0.5, 0.6) is 0 Å². The first-order valence-electron chi connectivity index (χ1n) is 8.26. The van der Waals surface area contributed by atoms with Crippen LogP contribution in [0.1, 0.15) is 46.5 Å². The molecule has 3 N–H and O–H groups in total. The maximum Gasteiger partial charge on any atom is 0.224 e. The Balaban J connectivity index is 1.77. The third kappa shape index (κ3) is 3.73. The van der Waals surface area contributed by atoms with Gasteiger partial charge in [-0.3, -0.25) is 4.79 Å². The molecule has 2 fully saturated rings. The second-order valence-corrected chi connectivity index (χ2v) is 7.09. The fourth-order valence-electron chi connectivity index (χ4n) is 3.77. The van der Waals surface area contributed by atoms with Crippen molar-refractivity contribution in [1.29, 1.82) is 0 Å². The number of amides is 1. The number of carbonyl (C=O) groups is 1. The van der Waals surface area contributed by atoms with Gasteiger partial charge in [0.25, 0.3) is 0 Å². The molecule has 2 rings (SSSR count). The van der Waals surface area contributed by atoms with Crippen LogP contribution >= 0.6 is 0 Å². The summed E-state index contributed by atoms with van der Waals surface area (Å²) < 4.78 is 0. The maximum absolute atomic E-state index is 12.4. The lowest BCUT2D eigenvalue weighted by Gasteiger charge is -2.33. The van der Waals surface area contributed by atoms with Crippen LogP contribution in [0.2, 0.25) is 0 Å². The summed E-state index contributed by atoms with van der Waals surface area (Å²) in [6.45, 7) is 9.74. The molecule has 0 radical (unpaired) electrons. The zero-order valence-corrected chi connectivity index (χ0v) is 13.3. The molecule has 1 saturated carbocycles. The summed E-state index contributed by atoms with van der Waals surface area (Å²) in [4.78, 5) is 14.9. The normalized spacial score (nSPS) is 35.5. The quantitative estimate of drug-likeness (QED) is 0.823. The molecule has 4 heteroatoms. The lowest BCUT2D eigenvalue weighted by molar-refractivity contribution is -0.128. The maximum atomic E-state index is 12.4. The number of nitrogens with one attached hydrogen (secondary N) is 1. The minimum atomic E-state index is 0.0198. The number of carbonyl (C=O) groups excluding carboxylic acids is 1. The summed E-state index contributed by atoms with van der Waals surface area (Å²) in [5.41, 5.74) is 6.15. The highest BCUT2D eigenvalue weighted by Crippen LogP contribution is 2.29. The summed E-state index contributed by atoms with van der Waals surface area (Å²) in [5, 5.41) is 3.17. The van der Waals surface area contributed by atoms with Crippen LogP contribution < -0.4 is 11.1 Å². The van der Waals surface area contributed by atoms with Gasteiger partial charge >= 0.3 is 0 Å². The third-order valence-corrected chi connectivity index (χ3v) is 5.19. The average molecular weight is 281 g/mol. The van der Waals surface area contributed by atoms with E-state index in [4.69, 9.17) is 5.73 Å². The van der Waals surface area contributed by atoms with Crippen molar-refractivity contribution in [2.45, 2.75) is 58.5 Å². The van der Waals surface area contributed by atoms with Crippen LogP contribution in [0.3, 0.4) is 0 Å². The van der Waals surface area contributed by atoms with E-state index in [0.29, 0.717) is 17.9 Å². The van der Waals surface area contributed by atoms with Crippen molar-refractivity contribution in [3.05, 3.63) is 0 Å². The molecule has 0 aromatic heterocycles. The Hall–Kier alpha value is -0.610. The molecule has 0 bridgehead atoms. The van der Waals surface area contributed by atoms with E-state index in [-0.39, 0.29) is 17.9 Å². The highest BCUT2D eigenvalue weighted by Gasteiger charge is 2.34. The molecular formula is C16H31N3O. The van der Waals surface area contributed by atoms with E-state index >= 15 is 0 Å². The SMILES string of the molecule is CC1CCCC(N)C1C(=O)NCC1CCN(C(C)C)C1. The van der Waals surface area contributed by atoms with Gasteiger partial charge in [0, 0.05) is 25.2 Å². The molecule has 1 heterocycles. The average Bonchev–Trinajstić information content (AvgIpc) is 2.85. The number of nitrogens with two attached hydrogens (primary N) is 1. The van der Waals surface area contributed by atoms with Crippen molar-refractivity contribution >= 4 is 5.91 Å². The molecule has 1 amide bonds. The summed E-state index contributed by atoms with van der Waals surface area (Å²) in [6.07, 6.45) is 4.49. The Bertz CT molecular complexity index is 322. The lowest BCUT2D eigenvalue weighted by atomic mass is 9.76. The minimum absolute atomic E-state index is 0.0198. The third-order valence-electron chi connectivity index (χ3n) is 5.19. The van der Waals surface area contributed by atoms with Crippen LogP contribution in [-0.2, 0) is 4.79 Å². The van der Waals surface area contributed by atoms with Crippen LogP contribution in [0, 0.1) is 17.8 Å². The van der Waals surface area contributed by atoms with E-state index in [0.717, 1.165) is 38.9 Å². The number of hydrogen-bond acceptors (Lipinski definition) is 3. The standard InChI is InChI=1S/C16H31N3O/c1-11(2)19-8-7-13(10-19)9-18-16(20)15-12(3)5-4-6-14(15)17/h11-15H,4-10,17H2,1-3H3,(H,18,20). The monoisotopic (exact) mass is 281 g/mol. The molecule has 1 aliphatic carbocycles. The van der Waals surface area contributed by atoms with E-state index in [9.17, 15) is 4.79 Å². The van der Waals surface area contributed by atoms with Gasteiger partial charge in [-0.25, -0.2) is 0 Å². The second-order valence-electron chi connectivity index (χ2n) is 7.09. The van der Waals surface area contributed by atoms with Gasteiger partial charge in [-0.15, -0.1) is 0 Å². The smallest absolute Gasteiger partial charge is 0.224 e. The van der Waals surface area contributed by atoms with E-state index in [1.54, 1.807) is 0 Å². The fraction of sp³-hybridized carbons (Fsp3) is 0.938. The van der Waals surface area contributed by atoms with Crippen molar-refractivity contribution in [3.8, 4) is 0 Å². The zero-order chi connectivity index (χ0) is 14.7. The van der Waals surface area contributed by atoms with E-state index in [1.165, 1.54) is 6.42 Å². The topological polar surface area (TPSA) is 58.4 Å². The van der Waals surface area contributed by atoms with Gasteiger partial charge in [0.2, 0.25) is 5.91 Å². The molecule has 116 valence electrons. The zero-order valence-electron chi connectivity index (χ0n) is 13.3. The Labute approximate surface area is 123 Å². The van der Waals surface area contributed by atoms with Crippen LogP contribution in [0.15, 0.2) is 0 Å². The summed E-state index contributed by atoms with van der Waals surface area (Å²) >= 11 is 0. The molecule has 2 aliphatic rings. The van der Waals surface area contributed by atoms with Gasteiger partial charge in [-0.1, -0.05) is 13.3 Å². The lowest BCUT2D eigenvalue weighted by Crippen LogP contribution is -2.48. The van der Waals surface area contributed by atoms with Crippen LogP contribution in [-0.4, -0.2) is 42.5 Å². The summed E-state index contributed by atoms with van der Waals surface area (Å²) in [6, 6.07) is 0.664. The molecule has 0 spiro atoms. The number of nitrogens with zero attached hydrogens (tertiary/aromatic N) is 1. The van der Waals surface area contributed by atoms with Gasteiger partial charge in [0.1, 0.15) is 0 Å². The Kier molecular flexibility index (Phi) is 5.44. The Morgan fingerprint density at radius 1 is 1.35 bits per heavy atom. The predicted molar refractivity (Wildman–Crippen MR) is 82.3 cm³/mol. The van der Waals surface area contributed by atoms with Crippen molar-refractivity contribution in [1.82, 2.24) is 10.2 Å². The van der Waals surface area contributed by atoms with Crippen LogP contribution in [0.25, 0.3) is 0 Å². The molecule has 0 aromatic rings. The first-order valence-corrected chi connectivity index (χ1v) is 8.26. The highest BCUT2D eigenvalue weighted by atomic mass is 16.1. The van der Waals surface area contributed by atoms with Crippen molar-refractivity contribution < 1.29 is 4.79 Å². The fourth-order valence-corrected chi connectivity index (χ4v) is 3.77. The number of hydrogen-bond donors (Lipinski definition) is 2. The molecule has 4 nitrogen and oxygen atoms in total. The van der Waals surface area contributed by atoms with Gasteiger partial charge in [-0.05, 0) is 51.5 Å². The summed E-state index contributed by atoms with van der Waals surface area (Å²) in [7, 11) is 0. The number of rotatable bonds is 4. The first-order chi connectivity index (χ1) is 9.49. The molecule has 4 unspecified atom stereocenters. The van der Waals surface area contributed by atoms with Gasteiger partial charge in [-0.2, -0.15) is 0 Å². The second kappa shape index (κ2) is 6.90. The van der Waals surface area contributed by atoms with Crippen molar-refractivity contribution in [2.75, 3.05) is 19.6 Å². The van der Waals surface area contributed by atoms with Gasteiger partial charge < -0.3 is 16.0 Å². The molecule has 1 saturated heterocycles. The molecule has 0 aromatic carbocycles. The molecular weight excluding hydrogens is 250 g/mol. The van der Waals surface area contributed by atoms with E-state index in [1.807, 2.05) is 0 Å². The van der Waals surface area contributed by atoms with Crippen LogP contribution in [0.4, 0.5) is 0 Å². The summed E-state index contributed by atoms with van der Waals surface area (Å²) in [5.74, 6) is 1.24. The largest absolute Gasteiger partial charge is 0.355 e. The highest BCUT2D eigenvalue weighted by molar-refractivity contribution is 5.79. The van der Waals surface area contributed by atoms with E-state index < -0.39 is 0 Å². The Morgan fingerprint density at radius 2 is 2.10 bits per heavy atom. The van der Waals surface area contributed by atoms with E-state index in [2.05, 4.69) is 31.0 Å². The van der Waals surface area contributed by atoms with Gasteiger partial charge in [0.15, 0.2) is 0 Å². The van der Waals surface area contributed by atoms with Crippen molar-refractivity contribution in [2.24, 2.45) is 23.5 Å². The number of likely N-dealkylation sites (tertiary alicyclic amines) is 1. The van der Waals surface area contributed by atoms with Gasteiger partial charge in [0.05, 0.1) is 5.92 Å². The molecule has 4 atom stereocenters. The molecule has 1 aliphatic heterocycles. The minimum Gasteiger partial charge on any atom is -0.355 e. The predicted octanol–water partition coefficient (Wildman–Crippen LogP) is 1.60.